The maximum atomic E-state index is 12.6. The number of hydrogen-bond acceptors (Lipinski definition) is 5. The van der Waals surface area contributed by atoms with Gasteiger partial charge in [-0.05, 0) is 56.2 Å². The largest absolute Gasteiger partial charge is 0.480 e. The fourth-order valence-electron chi connectivity index (χ4n) is 3.81. The maximum absolute atomic E-state index is 12.6. The lowest BCUT2D eigenvalue weighted by atomic mass is 9.98. The van der Waals surface area contributed by atoms with E-state index in [1.54, 1.807) is 0 Å². The van der Waals surface area contributed by atoms with E-state index in [0.717, 1.165) is 22.3 Å². The van der Waals surface area contributed by atoms with E-state index >= 15 is 0 Å². The number of rotatable bonds is 9. The van der Waals surface area contributed by atoms with Crippen molar-refractivity contribution in [3.63, 3.8) is 0 Å². The first-order valence-electron chi connectivity index (χ1n) is 10.6. The lowest BCUT2D eigenvalue weighted by Crippen LogP contribution is -2.51. The normalized spacial score (nSPS) is 14.2. The summed E-state index contributed by atoms with van der Waals surface area (Å²) >= 11 is 0. The number of amides is 2. The molecule has 1 aliphatic carbocycles. The first-order valence-corrected chi connectivity index (χ1v) is 10.6. The molecule has 2 aromatic carbocycles. The maximum Gasteiger partial charge on any atom is 0.407 e. The zero-order valence-electron chi connectivity index (χ0n) is 18.5. The van der Waals surface area contributed by atoms with Gasteiger partial charge in [0.05, 0.1) is 0 Å². The molecule has 0 bridgehead atoms. The lowest BCUT2D eigenvalue weighted by molar-refractivity contribution is -0.141. The topological polar surface area (TPSA) is 108 Å². The molecule has 0 saturated heterocycles. The fraction of sp³-hybridized carbons (Fsp3) is 0.375. The Bertz CT molecular complexity index is 946. The SMILES string of the molecule is C[C@@H](NC(=O)C(CCN(C)C)NC(=O)OCC1c2ccccc2-c2ccccc21)C(=O)O. The van der Waals surface area contributed by atoms with Gasteiger partial charge in [0.15, 0.2) is 0 Å². The summed E-state index contributed by atoms with van der Waals surface area (Å²) in [5.41, 5.74) is 4.45. The van der Waals surface area contributed by atoms with E-state index in [4.69, 9.17) is 9.84 Å². The molecule has 2 amide bonds. The van der Waals surface area contributed by atoms with Crippen LogP contribution in [0.15, 0.2) is 48.5 Å². The van der Waals surface area contributed by atoms with E-state index in [0.29, 0.717) is 13.0 Å². The van der Waals surface area contributed by atoms with Crippen molar-refractivity contribution in [3.05, 3.63) is 59.7 Å². The fourth-order valence-corrected chi connectivity index (χ4v) is 3.81. The highest BCUT2D eigenvalue weighted by atomic mass is 16.5. The van der Waals surface area contributed by atoms with Crippen molar-refractivity contribution in [1.82, 2.24) is 15.5 Å². The van der Waals surface area contributed by atoms with Gasteiger partial charge in [0.2, 0.25) is 5.91 Å². The third-order valence-corrected chi connectivity index (χ3v) is 5.55. The molecular weight excluding hydrogens is 410 g/mol. The Labute approximate surface area is 187 Å². The molecule has 0 spiro atoms. The van der Waals surface area contributed by atoms with Crippen molar-refractivity contribution in [3.8, 4) is 11.1 Å². The van der Waals surface area contributed by atoms with Crippen LogP contribution in [0.4, 0.5) is 4.79 Å². The van der Waals surface area contributed by atoms with Crippen LogP contribution in [0.5, 0.6) is 0 Å². The van der Waals surface area contributed by atoms with Crippen LogP contribution >= 0.6 is 0 Å². The third kappa shape index (κ3) is 5.45. The molecule has 1 aliphatic rings. The number of hydrogen-bond donors (Lipinski definition) is 3. The highest BCUT2D eigenvalue weighted by Crippen LogP contribution is 2.44. The van der Waals surface area contributed by atoms with Gasteiger partial charge in [-0.15, -0.1) is 0 Å². The van der Waals surface area contributed by atoms with Gasteiger partial charge in [0, 0.05) is 5.92 Å². The molecule has 0 radical (unpaired) electrons. The molecule has 0 saturated carbocycles. The first-order chi connectivity index (χ1) is 15.3. The predicted molar refractivity (Wildman–Crippen MR) is 120 cm³/mol. The van der Waals surface area contributed by atoms with Crippen molar-refractivity contribution >= 4 is 18.0 Å². The number of carbonyl (C=O) groups excluding carboxylic acids is 2. The number of aliphatic carboxylic acids is 1. The van der Waals surface area contributed by atoms with Crippen LogP contribution in [0.2, 0.25) is 0 Å². The van der Waals surface area contributed by atoms with E-state index in [9.17, 15) is 14.4 Å². The second-order valence-electron chi connectivity index (χ2n) is 8.18. The number of alkyl carbamates (subject to hydrolysis) is 1. The van der Waals surface area contributed by atoms with E-state index < -0.39 is 30.1 Å². The predicted octanol–water partition coefficient (Wildman–Crippen LogP) is 2.43. The number of fused-ring (bicyclic) bond motifs is 3. The van der Waals surface area contributed by atoms with Gasteiger partial charge in [0.25, 0.3) is 0 Å². The van der Waals surface area contributed by atoms with Gasteiger partial charge in [0.1, 0.15) is 18.7 Å². The van der Waals surface area contributed by atoms with Crippen LogP contribution in [0, 0.1) is 0 Å². The second kappa shape index (κ2) is 10.3. The molecule has 3 N–H and O–H groups in total. The highest BCUT2D eigenvalue weighted by Gasteiger charge is 2.30. The van der Waals surface area contributed by atoms with E-state index in [1.807, 2.05) is 55.4 Å². The van der Waals surface area contributed by atoms with Gasteiger partial charge >= 0.3 is 12.1 Å². The van der Waals surface area contributed by atoms with Crippen LogP contribution in [-0.4, -0.2) is 67.3 Å². The quantitative estimate of drug-likeness (QED) is 0.554. The van der Waals surface area contributed by atoms with Gasteiger partial charge in [-0.1, -0.05) is 48.5 Å². The van der Waals surface area contributed by atoms with Crippen LogP contribution in [0.1, 0.15) is 30.4 Å². The van der Waals surface area contributed by atoms with E-state index in [2.05, 4.69) is 22.8 Å². The third-order valence-electron chi connectivity index (χ3n) is 5.55. The van der Waals surface area contributed by atoms with Gasteiger partial charge < -0.3 is 25.4 Å². The van der Waals surface area contributed by atoms with Gasteiger partial charge in [-0.3, -0.25) is 9.59 Å². The molecule has 8 heteroatoms. The Hall–Kier alpha value is -3.39. The molecule has 0 fully saturated rings. The Morgan fingerprint density at radius 2 is 1.56 bits per heavy atom. The van der Waals surface area contributed by atoms with Gasteiger partial charge in [-0.2, -0.15) is 0 Å². The molecule has 170 valence electrons. The molecule has 0 aromatic heterocycles. The monoisotopic (exact) mass is 439 g/mol. The Morgan fingerprint density at radius 3 is 2.09 bits per heavy atom. The number of carboxylic acids is 1. The van der Waals surface area contributed by atoms with Crippen molar-refractivity contribution in [1.29, 1.82) is 0 Å². The minimum absolute atomic E-state index is 0.0887. The van der Waals surface area contributed by atoms with Crippen LogP contribution in [0.3, 0.4) is 0 Å². The lowest BCUT2D eigenvalue weighted by Gasteiger charge is -2.22. The number of nitrogens with zero attached hydrogens (tertiary/aromatic N) is 1. The minimum atomic E-state index is -1.15. The molecule has 3 rings (SSSR count). The molecule has 0 heterocycles. The summed E-state index contributed by atoms with van der Waals surface area (Å²) in [6.45, 7) is 2.03. The molecule has 2 atom stereocenters. The average molecular weight is 440 g/mol. The number of benzene rings is 2. The number of carbonyl (C=O) groups is 3. The molecular formula is C24H29N3O5. The van der Waals surface area contributed by atoms with Gasteiger partial charge in [-0.25, -0.2) is 4.79 Å². The molecule has 0 aliphatic heterocycles. The van der Waals surface area contributed by atoms with Crippen molar-refractivity contribution in [2.75, 3.05) is 27.2 Å². The average Bonchev–Trinajstić information content (AvgIpc) is 3.08. The number of nitrogens with one attached hydrogen (secondary N) is 2. The summed E-state index contributed by atoms with van der Waals surface area (Å²) in [5.74, 6) is -1.80. The van der Waals surface area contributed by atoms with Crippen LogP contribution in [-0.2, 0) is 14.3 Å². The van der Waals surface area contributed by atoms with Crippen molar-refractivity contribution in [2.45, 2.75) is 31.3 Å². The summed E-state index contributed by atoms with van der Waals surface area (Å²) in [6, 6.07) is 14.1. The Morgan fingerprint density at radius 1 is 1.00 bits per heavy atom. The molecule has 2 aromatic rings. The van der Waals surface area contributed by atoms with E-state index in [-0.39, 0.29) is 12.5 Å². The van der Waals surface area contributed by atoms with Crippen molar-refractivity contribution in [2.24, 2.45) is 0 Å². The molecule has 8 nitrogen and oxygen atoms in total. The van der Waals surface area contributed by atoms with E-state index in [1.165, 1.54) is 6.92 Å². The molecule has 32 heavy (non-hydrogen) atoms. The minimum Gasteiger partial charge on any atom is -0.480 e. The summed E-state index contributed by atoms with van der Waals surface area (Å²) in [4.78, 5) is 38.0. The zero-order valence-corrected chi connectivity index (χ0v) is 18.5. The zero-order chi connectivity index (χ0) is 23.3. The summed E-state index contributed by atoms with van der Waals surface area (Å²) in [7, 11) is 3.70. The smallest absolute Gasteiger partial charge is 0.407 e. The summed E-state index contributed by atoms with van der Waals surface area (Å²) in [5, 5.41) is 14.0. The van der Waals surface area contributed by atoms with Crippen molar-refractivity contribution < 1.29 is 24.2 Å². The standard InChI is InChI=1S/C24H29N3O5/c1-15(23(29)30)25-22(28)21(12-13-27(2)3)26-24(31)32-14-20-18-10-6-4-8-16(18)17-9-5-7-11-19(17)20/h4-11,15,20-21H,12-14H2,1-3H3,(H,25,28)(H,26,31)(H,29,30)/t15-,21?/m1/s1. The Kier molecular flexibility index (Phi) is 7.48. The highest BCUT2D eigenvalue weighted by molar-refractivity contribution is 5.89. The van der Waals surface area contributed by atoms with Crippen LogP contribution < -0.4 is 10.6 Å². The van der Waals surface area contributed by atoms with Crippen LogP contribution in [0.25, 0.3) is 11.1 Å². The second-order valence-corrected chi connectivity index (χ2v) is 8.18. The number of ether oxygens (including phenoxy) is 1. The Balaban J connectivity index is 1.66. The molecule has 1 unspecified atom stereocenters. The first kappa shape index (κ1) is 23.3. The summed E-state index contributed by atoms with van der Waals surface area (Å²) < 4.78 is 5.52. The number of carboxylic acid groups (broad SMARTS) is 1. The summed E-state index contributed by atoms with van der Waals surface area (Å²) in [6.07, 6.45) is -0.399.